The minimum atomic E-state index is -0.321. The maximum atomic E-state index is 13.0. The molecule has 0 fully saturated rings. The van der Waals surface area contributed by atoms with Crippen LogP contribution in [0.2, 0.25) is 0 Å². The number of carbonyl (C=O) groups is 1. The van der Waals surface area contributed by atoms with Crippen LogP contribution >= 0.6 is 22.6 Å². The second-order valence-corrected chi connectivity index (χ2v) is 5.48. The molecule has 0 saturated carbocycles. The summed E-state index contributed by atoms with van der Waals surface area (Å²) in [7, 11) is 0. The molecule has 2 rings (SSSR count). The van der Waals surface area contributed by atoms with Gasteiger partial charge in [0.25, 0.3) is 5.91 Å². The highest BCUT2D eigenvalue weighted by Crippen LogP contribution is 2.20. The van der Waals surface area contributed by atoms with Gasteiger partial charge < -0.3 is 11.1 Å². The third-order valence-electron chi connectivity index (χ3n) is 2.83. The van der Waals surface area contributed by atoms with Gasteiger partial charge in [-0.15, -0.1) is 0 Å². The molecule has 2 aromatic rings. The van der Waals surface area contributed by atoms with Gasteiger partial charge in [0.2, 0.25) is 0 Å². The van der Waals surface area contributed by atoms with Gasteiger partial charge in [0.15, 0.2) is 0 Å². The van der Waals surface area contributed by atoms with Crippen LogP contribution in [0, 0.1) is 9.39 Å². The molecule has 0 bridgehead atoms. The van der Waals surface area contributed by atoms with Crippen molar-refractivity contribution >= 4 is 34.2 Å². The van der Waals surface area contributed by atoms with Crippen LogP contribution in [-0.2, 0) is 6.42 Å². The Morgan fingerprint density at radius 3 is 2.50 bits per heavy atom. The van der Waals surface area contributed by atoms with E-state index in [0.717, 1.165) is 12.0 Å². The molecule has 0 aromatic heterocycles. The summed E-state index contributed by atoms with van der Waals surface area (Å²) >= 11 is 1.99. The molecule has 2 aromatic carbocycles. The molecule has 5 heteroatoms. The van der Waals surface area contributed by atoms with E-state index in [4.69, 9.17) is 5.73 Å². The molecular weight excluding hydrogens is 370 g/mol. The Morgan fingerprint density at radius 1 is 1.20 bits per heavy atom. The fraction of sp³-hybridized carbons (Fsp3) is 0.133. The van der Waals surface area contributed by atoms with Crippen molar-refractivity contribution in [3.8, 4) is 0 Å². The van der Waals surface area contributed by atoms with Gasteiger partial charge in [0.1, 0.15) is 5.82 Å². The van der Waals surface area contributed by atoms with Crippen molar-refractivity contribution in [3.63, 3.8) is 0 Å². The van der Waals surface area contributed by atoms with Gasteiger partial charge in [-0.1, -0.05) is 12.1 Å². The molecular formula is C15H14FIN2O. The van der Waals surface area contributed by atoms with Crippen molar-refractivity contribution in [2.45, 2.75) is 6.42 Å². The van der Waals surface area contributed by atoms with Crippen molar-refractivity contribution < 1.29 is 9.18 Å². The van der Waals surface area contributed by atoms with Crippen LogP contribution in [0.5, 0.6) is 0 Å². The summed E-state index contributed by atoms with van der Waals surface area (Å²) in [6.45, 7) is 0.583. The monoisotopic (exact) mass is 384 g/mol. The number of halogens is 2. The third kappa shape index (κ3) is 3.77. The van der Waals surface area contributed by atoms with Crippen LogP contribution in [0.3, 0.4) is 0 Å². The number of carbonyl (C=O) groups excluding carboxylic acids is 1. The Balaban J connectivity index is 2.11. The normalized spacial score (nSPS) is 10.3. The second-order valence-electron chi connectivity index (χ2n) is 4.31. The molecule has 0 unspecified atom stereocenters. The largest absolute Gasteiger partial charge is 0.330 e. The minimum Gasteiger partial charge on any atom is -0.330 e. The fourth-order valence-electron chi connectivity index (χ4n) is 1.77. The van der Waals surface area contributed by atoms with Crippen molar-refractivity contribution in [2.75, 3.05) is 11.9 Å². The summed E-state index contributed by atoms with van der Waals surface area (Å²) in [6.07, 6.45) is 0.789. The zero-order valence-corrected chi connectivity index (χ0v) is 12.9. The van der Waals surface area contributed by atoms with Crippen LogP contribution in [0.25, 0.3) is 0 Å². The maximum Gasteiger partial charge on any atom is 0.255 e. The highest BCUT2D eigenvalue weighted by Gasteiger charge is 2.08. The van der Waals surface area contributed by atoms with E-state index in [1.54, 1.807) is 18.2 Å². The smallest absolute Gasteiger partial charge is 0.255 e. The summed E-state index contributed by atoms with van der Waals surface area (Å²) in [4.78, 5) is 12.1. The van der Waals surface area contributed by atoms with Gasteiger partial charge in [0.05, 0.1) is 5.69 Å². The predicted octanol–water partition coefficient (Wildman–Crippen LogP) is 3.18. The number of benzene rings is 2. The Kier molecular flexibility index (Phi) is 5.08. The second kappa shape index (κ2) is 6.81. The number of nitrogens with two attached hydrogens (primary N) is 1. The van der Waals surface area contributed by atoms with E-state index in [1.807, 2.05) is 34.7 Å². The highest BCUT2D eigenvalue weighted by atomic mass is 127. The molecule has 0 spiro atoms. The lowest BCUT2D eigenvalue weighted by atomic mass is 10.1. The molecule has 3 nitrogen and oxygen atoms in total. The minimum absolute atomic E-state index is 0.214. The SMILES string of the molecule is NCCc1ccc(C(=O)Nc2ccc(F)cc2I)cc1. The molecule has 0 aliphatic heterocycles. The lowest BCUT2D eigenvalue weighted by Gasteiger charge is -2.08. The van der Waals surface area contributed by atoms with Crippen molar-refractivity contribution in [1.82, 2.24) is 0 Å². The van der Waals surface area contributed by atoms with Crippen LogP contribution < -0.4 is 11.1 Å². The molecule has 1 amide bonds. The Hall–Kier alpha value is -1.47. The zero-order chi connectivity index (χ0) is 14.5. The van der Waals surface area contributed by atoms with Crippen LogP contribution in [0.1, 0.15) is 15.9 Å². The lowest BCUT2D eigenvalue weighted by molar-refractivity contribution is 0.102. The number of rotatable bonds is 4. The van der Waals surface area contributed by atoms with E-state index in [0.29, 0.717) is 21.4 Å². The highest BCUT2D eigenvalue weighted by molar-refractivity contribution is 14.1. The van der Waals surface area contributed by atoms with Gasteiger partial charge in [-0.3, -0.25) is 4.79 Å². The molecule has 3 N–H and O–H groups in total. The van der Waals surface area contributed by atoms with E-state index < -0.39 is 0 Å². The summed E-state index contributed by atoms with van der Waals surface area (Å²) in [5.41, 5.74) is 7.74. The van der Waals surface area contributed by atoms with E-state index in [9.17, 15) is 9.18 Å². The number of anilines is 1. The average Bonchev–Trinajstić information content (AvgIpc) is 2.43. The number of nitrogens with one attached hydrogen (secondary N) is 1. The Morgan fingerprint density at radius 2 is 1.90 bits per heavy atom. The fourth-order valence-corrected chi connectivity index (χ4v) is 2.39. The lowest BCUT2D eigenvalue weighted by Crippen LogP contribution is -2.13. The summed E-state index contributed by atoms with van der Waals surface area (Å²) < 4.78 is 13.7. The zero-order valence-electron chi connectivity index (χ0n) is 10.7. The van der Waals surface area contributed by atoms with E-state index in [2.05, 4.69) is 5.32 Å². The van der Waals surface area contributed by atoms with Gasteiger partial charge in [-0.25, -0.2) is 4.39 Å². The Bertz CT molecular complexity index is 614. The molecule has 0 aliphatic carbocycles. The molecule has 0 heterocycles. The third-order valence-corrected chi connectivity index (χ3v) is 3.72. The van der Waals surface area contributed by atoms with Gasteiger partial charge in [0, 0.05) is 9.13 Å². The summed E-state index contributed by atoms with van der Waals surface area (Å²) in [5.74, 6) is -0.535. The number of hydrogen-bond donors (Lipinski definition) is 2. The van der Waals surface area contributed by atoms with Gasteiger partial charge in [-0.05, 0) is 71.5 Å². The van der Waals surface area contributed by atoms with E-state index in [1.165, 1.54) is 12.1 Å². The van der Waals surface area contributed by atoms with Crippen molar-refractivity contribution in [1.29, 1.82) is 0 Å². The van der Waals surface area contributed by atoms with Gasteiger partial charge >= 0.3 is 0 Å². The first-order valence-electron chi connectivity index (χ1n) is 6.15. The summed E-state index contributed by atoms with van der Waals surface area (Å²) in [6, 6.07) is 11.5. The van der Waals surface area contributed by atoms with Crippen LogP contribution in [-0.4, -0.2) is 12.5 Å². The first-order chi connectivity index (χ1) is 9.60. The van der Waals surface area contributed by atoms with E-state index in [-0.39, 0.29) is 11.7 Å². The first-order valence-corrected chi connectivity index (χ1v) is 7.23. The molecule has 0 radical (unpaired) electrons. The van der Waals surface area contributed by atoms with E-state index >= 15 is 0 Å². The Labute approximate surface area is 130 Å². The molecule has 20 heavy (non-hydrogen) atoms. The first kappa shape index (κ1) is 14.9. The average molecular weight is 384 g/mol. The predicted molar refractivity (Wildman–Crippen MR) is 86.3 cm³/mol. The van der Waals surface area contributed by atoms with Crippen molar-refractivity contribution in [2.24, 2.45) is 5.73 Å². The molecule has 0 saturated heterocycles. The molecule has 104 valence electrons. The van der Waals surface area contributed by atoms with Crippen LogP contribution in [0.15, 0.2) is 42.5 Å². The molecule has 0 aliphatic rings. The summed E-state index contributed by atoms with van der Waals surface area (Å²) in [5, 5.41) is 2.77. The standard InChI is InChI=1S/C15H14FIN2O/c16-12-5-6-14(13(17)9-12)19-15(20)11-3-1-10(2-4-11)7-8-18/h1-6,9H,7-8,18H2,(H,19,20). The quantitative estimate of drug-likeness (QED) is 0.796. The molecule has 0 atom stereocenters. The van der Waals surface area contributed by atoms with Crippen LogP contribution in [0.4, 0.5) is 10.1 Å². The topological polar surface area (TPSA) is 55.1 Å². The van der Waals surface area contributed by atoms with Gasteiger partial charge in [-0.2, -0.15) is 0 Å². The number of amides is 1. The number of hydrogen-bond acceptors (Lipinski definition) is 2. The van der Waals surface area contributed by atoms with Crippen molar-refractivity contribution in [3.05, 3.63) is 63.0 Å². The maximum absolute atomic E-state index is 13.0.